The number of rotatable bonds is 6. The molecule has 3 heterocycles. The molecule has 11 aromatic rings. The quantitative estimate of drug-likeness (QED) is 0.123. The van der Waals surface area contributed by atoms with Gasteiger partial charge in [-0.1, -0.05) is 126 Å². The fraction of sp³-hybridized carbons (Fsp3) is 0.123. The van der Waals surface area contributed by atoms with Crippen LogP contribution in [0.15, 0.2) is 174 Å². The molecule has 11 rings (SSSR count). The number of furan rings is 1. The molecule has 8 aromatic carbocycles. The summed E-state index contributed by atoms with van der Waals surface area (Å²) in [5.41, 5.74) is 10.6. The van der Waals surface area contributed by atoms with E-state index in [1.807, 2.05) is 32.2 Å². The number of nitrogens with zero attached hydrogens (tertiary/aromatic N) is 3. The first-order chi connectivity index (χ1) is 31.6. The number of para-hydroxylation sites is 1. The van der Waals surface area contributed by atoms with Crippen LogP contribution in [0.5, 0.6) is 0 Å². The van der Waals surface area contributed by atoms with Gasteiger partial charge in [-0.2, -0.15) is 0 Å². The Kier molecular flexibility index (Phi) is 10.2. The summed E-state index contributed by atoms with van der Waals surface area (Å²) < 4.78 is 41.1. The maximum absolute atomic E-state index is 8.49. The zero-order valence-corrected chi connectivity index (χ0v) is 40.2. The first-order valence-electron chi connectivity index (χ1n) is 23.0. The second-order valence-corrected chi connectivity index (χ2v) is 27.6. The summed E-state index contributed by atoms with van der Waals surface area (Å²) in [6.07, 6.45) is 1.91. The van der Waals surface area contributed by atoms with Crippen LogP contribution in [0.2, 0.25) is 17.3 Å². The summed E-state index contributed by atoms with van der Waals surface area (Å²) in [4.78, 5) is 9.87. The zero-order valence-electron chi connectivity index (χ0n) is 39.7. The van der Waals surface area contributed by atoms with E-state index in [1.54, 1.807) is 12.1 Å². The van der Waals surface area contributed by atoms with E-state index in [1.165, 1.54) is 15.8 Å². The third-order valence-electron chi connectivity index (χ3n) is 11.7. The number of hydrogen-bond donors (Lipinski definition) is 0. The van der Waals surface area contributed by atoms with Crippen LogP contribution in [-0.4, -0.2) is 27.8 Å². The van der Waals surface area contributed by atoms with Gasteiger partial charge in [-0.25, -0.2) is 0 Å². The van der Waals surface area contributed by atoms with Crippen LogP contribution >= 0.6 is 0 Å². The van der Waals surface area contributed by atoms with Crippen LogP contribution < -0.4 is 4.40 Å². The number of imidazole rings is 1. The summed E-state index contributed by atoms with van der Waals surface area (Å²) in [6, 6.07) is 62.1. The smallest absolute Gasteiger partial charge is 0.128 e. The van der Waals surface area contributed by atoms with Gasteiger partial charge < -0.3 is 8.98 Å². The molecular formula is C57H47GeIrN3O-2. The van der Waals surface area contributed by atoms with E-state index in [0.29, 0.717) is 0 Å². The van der Waals surface area contributed by atoms with Crippen molar-refractivity contribution in [1.82, 2.24) is 14.5 Å². The van der Waals surface area contributed by atoms with Crippen LogP contribution in [0.1, 0.15) is 36.4 Å². The Hall–Kier alpha value is -6.11. The predicted molar refractivity (Wildman–Crippen MR) is 263 cm³/mol. The van der Waals surface area contributed by atoms with Gasteiger partial charge in [0.25, 0.3) is 0 Å². The minimum absolute atomic E-state index is 0. The molecule has 4 nitrogen and oxygen atoms in total. The molecular weight excluding hydrogens is 1010 g/mol. The largest absolute Gasteiger partial charge is 0.500 e. The molecule has 0 spiro atoms. The molecule has 0 amide bonds. The standard InChI is InChI=1S/C39H23N2O.C18H24GeN.Ir/c1-2-11-25(12-3-1)28-15-8-9-20-35(28)41-36-29-16-6-4-13-26(29)22-24-34(36)40-39(41)33-19-10-18-31-32-23-21-27-14-5-7-17-30(27)37(32)42-38(31)33;1-13(2)16-11-18(15-9-7-14(3)8-10-15)20-12-17(16)19(4,5)6;/h1-18,20-24H;7-9,11-13H,1-6H3;/q2*-1;/i;3D3,13D;. The summed E-state index contributed by atoms with van der Waals surface area (Å²) in [5.74, 6) is 6.98. The minimum atomic E-state index is -2.14. The van der Waals surface area contributed by atoms with Gasteiger partial charge in [0.2, 0.25) is 0 Å². The van der Waals surface area contributed by atoms with E-state index < -0.39 is 26.0 Å². The van der Waals surface area contributed by atoms with Crippen LogP contribution in [0.25, 0.3) is 94.0 Å². The van der Waals surface area contributed by atoms with E-state index in [2.05, 4.69) is 172 Å². The Morgan fingerprint density at radius 1 is 0.698 bits per heavy atom. The summed E-state index contributed by atoms with van der Waals surface area (Å²) >= 11 is -2.14. The van der Waals surface area contributed by atoms with Gasteiger partial charge in [0.15, 0.2) is 0 Å². The molecule has 0 bridgehead atoms. The normalized spacial score (nSPS) is 13.0. The van der Waals surface area contributed by atoms with E-state index in [9.17, 15) is 0 Å². The third kappa shape index (κ3) is 7.84. The van der Waals surface area contributed by atoms with Crippen LogP contribution in [-0.2, 0) is 20.1 Å². The monoisotopic (exact) mass is 1060 g/mol. The number of aromatic nitrogens is 3. The molecule has 1 radical (unpaired) electrons. The van der Waals surface area contributed by atoms with Gasteiger partial charge in [0.05, 0.1) is 22.4 Å². The molecule has 0 atom stereocenters. The minimum Gasteiger partial charge on any atom is -0.500 e. The number of benzene rings is 8. The Bertz CT molecular complexity index is 3610. The molecule has 0 N–H and O–H groups in total. The Morgan fingerprint density at radius 2 is 1.40 bits per heavy atom. The van der Waals surface area contributed by atoms with Gasteiger partial charge >= 0.3 is 131 Å². The fourth-order valence-electron chi connectivity index (χ4n) is 8.61. The second kappa shape index (κ2) is 17.2. The van der Waals surface area contributed by atoms with Gasteiger partial charge in [-0.05, 0) is 28.5 Å². The van der Waals surface area contributed by atoms with Gasteiger partial charge in [0.1, 0.15) is 5.58 Å². The summed E-state index contributed by atoms with van der Waals surface area (Å²) in [7, 11) is 0. The molecule has 0 unspecified atom stereocenters. The van der Waals surface area contributed by atoms with Crippen molar-refractivity contribution in [2.75, 3.05) is 0 Å². The average Bonchev–Trinajstić information content (AvgIpc) is 3.91. The number of fused-ring (bicyclic) bond motifs is 8. The zero-order chi connectivity index (χ0) is 46.0. The van der Waals surface area contributed by atoms with Crippen molar-refractivity contribution in [3.63, 3.8) is 0 Å². The molecule has 6 heteroatoms. The Morgan fingerprint density at radius 3 is 2.14 bits per heavy atom. The molecule has 0 fully saturated rings. The maximum atomic E-state index is 8.49. The molecule has 0 aliphatic carbocycles. The second-order valence-electron chi connectivity index (χ2n) is 17.0. The predicted octanol–water partition coefficient (Wildman–Crippen LogP) is 14.9. The van der Waals surface area contributed by atoms with Gasteiger partial charge in [-0.15, -0.1) is 18.2 Å². The van der Waals surface area contributed by atoms with Crippen molar-refractivity contribution >= 4 is 72.2 Å². The number of hydrogen-bond acceptors (Lipinski definition) is 3. The van der Waals surface area contributed by atoms with E-state index in [-0.39, 0.29) is 25.7 Å². The molecule has 3 aromatic heterocycles. The average molecular weight is 1060 g/mol. The van der Waals surface area contributed by atoms with E-state index >= 15 is 0 Å². The summed E-state index contributed by atoms with van der Waals surface area (Å²) in [6.45, 7) is 1.66. The third-order valence-corrected chi connectivity index (χ3v) is 15.9. The Balaban J connectivity index is 0.000000194. The van der Waals surface area contributed by atoms with Crippen LogP contribution in [0.4, 0.5) is 0 Å². The van der Waals surface area contributed by atoms with Crippen molar-refractivity contribution < 1.29 is 30.0 Å². The van der Waals surface area contributed by atoms with Crippen LogP contribution in [0.3, 0.4) is 0 Å². The molecule has 0 saturated heterocycles. The maximum Gasteiger partial charge on any atom is 0.128 e. The number of pyridine rings is 1. The van der Waals surface area contributed by atoms with Crippen molar-refractivity contribution in [2.24, 2.45) is 0 Å². The van der Waals surface area contributed by atoms with Crippen molar-refractivity contribution in [3.8, 4) is 39.5 Å². The van der Waals surface area contributed by atoms with E-state index in [4.69, 9.17) is 14.9 Å². The van der Waals surface area contributed by atoms with Gasteiger partial charge in [0, 0.05) is 47.5 Å². The van der Waals surface area contributed by atoms with Crippen molar-refractivity contribution in [1.29, 1.82) is 0 Å². The first kappa shape index (κ1) is 37.4. The molecule has 0 saturated carbocycles. The van der Waals surface area contributed by atoms with Gasteiger partial charge in [-0.3, -0.25) is 4.98 Å². The fourth-order valence-corrected chi connectivity index (χ4v) is 11.9. The topological polar surface area (TPSA) is 43.9 Å². The van der Waals surface area contributed by atoms with Crippen LogP contribution in [0, 0.1) is 19.0 Å². The first-order valence-corrected chi connectivity index (χ1v) is 28.3. The Labute approximate surface area is 391 Å². The number of aryl methyl sites for hydroxylation is 1. The van der Waals surface area contributed by atoms with E-state index in [0.717, 1.165) is 94.2 Å². The SMILES string of the molecule is [2H]C([2H])([2H])c1c[c-]c(-c2cc(C([2H])(C)C)[c]([Ge]([CH3])([CH3])[CH3])cn2)cc1.[Ir].[c-]1ccc2c(oc3c4ccccc4ccc23)c1-c1nc2ccc3ccccc3c2n1-c1ccccc1-c1ccccc1. The molecule has 311 valence electrons. The molecule has 63 heavy (non-hydrogen) atoms. The van der Waals surface area contributed by atoms with Crippen molar-refractivity contribution in [2.45, 2.75) is 43.9 Å². The van der Waals surface area contributed by atoms with Crippen molar-refractivity contribution in [3.05, 3.63) is 193 Å². The molecule has 0 aliphatic heterocycles. The summed E-state index contributed by atoms with van der Waals surface area (Å²) in [5, 5.41) is 6.74. The molecule has 0 aliphatic rings.